The number of nitrogens with one attached hydrogen (secondary N) is 2. The molecule has 0 bridgehead atoms. The van der Waals surface area contributed by atoms with Crippen LogP contribution in [0.15, 0.2) is 24.3 Å². The number of alkyl halides is 2. The maximum Gasteiger partial charge on any atom is 0.260 e. The van der Waals surface area contributed by atoms with Gasteiger partial charge >= 0.3 is 0 Å². The lowest BCUT2D eigenvalue weighted by Crippen LogP contribution is -2.36. The minimum absolute atomic E-state index is 0.113. The first-order chi connectivity index (χ1) is 18.5. The van der Waals surface area contributed by atoms with Gasteiger partial charge in [0.25, 0.3) is 5.91 Å². The summed E-state index contributed by atoms with van der Waals surface area (Å²) in [6.07, 6.45) is 4.76. The zero-order valence-electron chi connectivity index (χ0n) is 22.0. The van der Waals surface area contributed by atoms with E-state index in [9.17, 15) is 22.0 Å². The molecule has 1 saturated heterocycles. The van der Waals surface area contributed by atoms with Gasteiger partial charge in [0.15, 0.2) is 0 Å². The van der Waals surface area contributed by atoms with E-state index in [-0.39, 0.29) is 24.7 Å². The van der Waals surface area contributed by atoms with E-state index in [1.54, 1.807) is 25.1 Å². The van der Waals surface area contributed by atoms with Crippen molar-refractivity contribution < 1.29 is 27.1 Å². The Labute approximate surface area is 227 Å². The molecule has 1 aliphatic heterocycles. The van der Waals surface area contributed by atoms with Gasteiger partial charge in [0.05, 0.1) is 29.3 Å². The number of anilines is 3. The predicted molar refractivity (Wildman–Crippen MR) is 145 cm³/mol. The zero-order valence-corrected chi connectivity index (χ0v) is 22.9. The molecule has 3 aliphatic rings. The third-order valence-electron chi connectivity index (χ3n) is 8.23. The van der Waals surface area contributed by atoms with Crippen molar-refractivity contribution in [3.8, 4) is 0 Å². The molecule has 2 aliphatic carbocycles. The SMILES string of the molecule is Cc1cc(C2CCC(F)(F)CC2)nc(NC(=O)c2ccc(NS(=O)(=O)CCO)cc2N2CCC3(CC2)CC3)n1. The molecule has 12 heteroatoms. The van der Waals surface area contributed by atoms with Crippen molar-refractivity contribution in [3.63, 3.8) is 0 Å². The molecule has 3 fully saturated rings. The van der Waals surface area contributed by atoms with E-state index in [0.717, 1.165) is 25.9 Å². The van der Waals surface area contributed by atoms with Crippen molar-refractivity contribution in [3.05, 3.63) is 41.2 Å². The lowest BCUT2D eigenvalue weighted by Gasteiger charge is -2.35. The van der Waals surface area contributed by atoms with Gasteiger partial charge in [0.1, 0.15) is 0 Å². The lowest BCUT2D eigenvalue weighted by atomic mass is 9.84. The van der Waals surface area contributed by atoms with Crippen LogP contribution >= 0.6 is 0 Å². The molecule has 3 N–H and O–H groups in total. The molecule has 0 atom stereocenters. The summed E-state index contributed by atoms with van der Waals surface area (Å²) in [5, 5.41) is 11.9. The number of nitrogens with zero attached hydrogens (tertiary/aromatic N) is 3. The molecule has 39 heavy (non-hydrogen) atoms. The van der Waals surface area contributed by atoms with Crippen molar-refractivity contribution in [2.24, 2.45) is 5.41 Å². The number of sulfonamides is 1. The number of hydrogen-bond acceptors (Lipinski definition) is 7. The summed E-state index contributed by atoms with van der Waals surface area (Å²) in [7, 11) is -3.74. The van der Waals surface area contributed by atoms with Crippen LogP contribution in [0.5, 0.6) is 0 Å². The monoisotopic (exact) mass is 563 g/mol. The first kappa shape index (κ1) is 27.7. The second-order valence-corrected chi connectivity index (χ2v) is 13.0. The highest BCUT2D eigenvalue weighted by atomic mass is 32.2. The number of aryl methyl sites for hydroxylation is 1. The average Bonchev–Trinajstić information content (AvgIpc) is 3.62. The maximum atomic E-state index is 13.7. The van der Waals surface area contributed by atoms with E-state index < -0.39 is 34.2 Å². The minimum Gasteiger partial charge on any atom is -0.395 e. The number of halogens is 2. The molecule has 1 amide bonds. The Morgan fingerprint density at radius 1 is 1.08 bits per heavy atom. The van der Waals surface area contributed by atoms with Gasteiger partial charge in [0.2, 0.25) is 21.9 Å². The molecule has 2 saturated carbocycles. The van der Waals surface area contributed by atoms with Crippen molar-refractivity contribution in [1.82, 2.24) is 9.97 Å². The molecule has 9 nitrogen and oxygen atoms in total. The topological polar surface area (TPSA) is 125 Å². The normalized spacial score (nSPS) is 20.6. The number of piperidine rings is 1. The molecular weight excluding hydrogens is 528 g/mol. The number of aliphatic hydroxyl groups excluding tert-OH is 1. The summed E-state index contributed by atoms with van der Waals surface area (Å²) in [6, 6.07) is 6.52. The Morgan fingerprint density at radius 3 is 2.41 bits per heavy atom. The summed E-state index contributed by atoms with van der Waals surface area (Å²) in [5.41, 5.74) is 2.96. The Balaban J connectivity index is 1.39. The summed E-state index contributed by atoms with van der Waals surface area (Å²) >= 11 is 0. The Bertz CT molecular complexity index is 1330. The third-order valence-corrected chi connectivity index (χ3v) is 9.50. The smallest absolute Gasteiger partial charge is 0.260 e. The zero-order chi connectivity index (χ0) is 27.8. The van der Waals surface area contributed by atoms with E-state index >= 15 is 0 Å². The van der Waals surface area contributed by atoms with Gasteiger partial charge in [-0.2, -0.15) is 0 Å². The quantitative estimate of drug-likeness (QED) is 0.434. The van der Waals surface area contributed by atoms with Gasteiger partial charge < -0.3 is 10.0 Å². The fourth-order valence-electron chi connectivity index (χ4n) is 5.66. The number of aliphatic hydroxyl groups is 1. The number of aromatic nitrogens is 2. The van der Waals surface area contributed by atoms with Crippen LogP contribution in [-0.4, -0.2) is 60.8 Å². The summed E-state index contributed by atoms with van der Waals surface area (Å²) in [6.45, 7) is 2.78. The largest absolute Gasteiger partial charge is 0.395 e. The van der Waals surface area contributed by atoms with Crippen molar-refractivity contribution in [1.29, 1.82) is 0 Å². The number of amides is 1. The van der Waals surface area contributed by atoms with Crippen molar-refractivity contribution >= 4 is 33.3 Å². The molecule has 2 aromatic rings. The van der Waals surface area contributed by atoms with Gasteiger partial charge in [-0.25, -0.2) is 27.2 Å². The van der Waals surface area contributed by atoms with Gasteiger partial charge in [-0.3, -0.25) is 14.8 Å². The van der Waals surface area contributed by atoms with E-state index in [2.05, 4.69) is 24.9 Å². The van der Waals surface area contributed by atoms with Crippen LogP contribution in [0.3, 0.4) is 0 Å². The van der Waals surface area contributed by atoms with Crippen LogP contribution < -0.4 is 14.9 Å². The first-order valence-corrected chi connectivity index (χ1v) is 15.2. The maximum absolute atomic E-state index is 13.7. The summed E-state index contributed by atoms with van der Waals surface area (Å²) < 4.78 is 54.3. The predicted octanol–water partition coefficient (Wildman–Crippen LogP) is 4.44. The molecule has 212 valence electrons. The van der Waals surface area contributed by atoms with Crippen LogP contribution in [0.25, 0.3) is 0 Å². The third kappa shape index (κ3) is 6.66. The standard InChI is InChI=1S/C27H35F2N5O4S/c1-18-16-22(19-4-6-27(28,29)7-5-19)31-25(30-18)32-24(36)21-3-2-20(33-39(37,38)15-14-35)17-23(21)34-12-10-26(8-9-26)11-13-34/h2-3,16-17,19,33,35H,4-15H2,1H3,(H,30,31,32,36). The lowest BCUT2D eigenvalue weighted by molar-refractivity contribution is -0.0384. The highest BCUT2D eigenvalue weighted by Crippen LogP contribution is 2.54. The van der Waals surface area contributed by atoms with Crippen LogP contribution in [0.1, 0.15) is 79.0 Å². The molecule has 5 rings (SSSR count). The van der Waals surface area contributed by atoms with Crippen LogP contribution in [0, 0.1) is 12.3 Å². The van der Waals surface area contributed by atoms with E-state index in [1.807, 2.05) is 0 Å². The first-order valence-electron chi connectivity index (χ1n) is 13.5. The van der Waals surface area contributed by atoms with E-state index in [4.69, 9.17) is 5.11 Å². The molecule has 1 aromatic carbocycles. The molecular formula is C27H35F2N5O4S. The number of carbonyl (C=O) groups is 1. The van der Waals surface area contributed by atoms with Crippen molar-refractivity contribution in [2.45, 2.75) is 70.1 Å². The second-order valence-electron chi connectivity index (χ2n) is 11.2. The van der Waals surface area contributed by atoms with E-state index in [1.165, 1.54) is 18.9 Å². The Hall–Kier alpha value is -2.86. The molecule has 2 heterocycles. The fourth-order valence-corrected chi connectivity index (χ4v) is 6.49. The fraction of sp³-hybridized carbons (Fsp3) is 0.593. The molecule has 0 radical (unpaired) electrons. The number of rotatable bonds is 8. The molecule has 0 unspecified atom stereocenters. The molecule has 1 spiro atoms. The van der Waals surface area contributed by atoms with Crippen LogP contribution in [0.2, 0.25) is 0 Å². The van der Waals surface area contributed by atoms with Crippen molar-refractivity contribution in [2.75, 3.05) is 40.4 Å². The van der Waals surface area contributed by atoms with Gasteiger partial charge in [-0.05, 0) is 75.1 Å². The minimum atomic E-state index is -3.74. The summed E-state index contributed by atoms with van der Waals surface area (Å²) in [5.74, 6) is -3.51. The average molecular weight is 564 g/mol. The number of hydrogen-bond donors (Lipinski definition) is 3. The van der Waals surface area contributed by atoms with Crippen LogP contribution in [0.4, 0.5) is 26.1 Å². The Morgan fingerprint density at radius 2 is 1.77 bits per heavy atom. The van der Waals surface area contributed by atoms with Crippen LogP contribution in [-0.2, 0) is 10.0 Å². The van der Waals surface area contributed by atoms with Gasteiger partial charge in [-0.15, -0.1) is 0 Å². The number of benzene rings is 1. The molecule has 1 aromatic heterocycles. The highest BCUT2D eigenvalue weighted by Gasteiger charge is 2.44. The number of carbonyl (C=O) groups excluding carboxylic acids is 1. The van der Waals surface area contributed by atoms with E-state index in [0.29, 0.717) is 46.6 Å². The van der Waals surface area contributed by atoms with Gasteiger partial charge in [0, 0.05) is 43.2 Å². The Kier molecular flexibility index (Phi) is 7.53. The second kappa shape index (κ2) is 10.6. The van der Waals surface area contributed by atoms with Gasteiger partial charge in [-0.1, -0.05) is 0 Å². The highest BCUT2D eigenvalue weighted by molar-refractivity contribution is 7.92. The summed E-state index contributed by atoms with van der Waals surface area (Å²) in [4.78, 5) is 24.5.